The number of carbonyl (C=O) groups is 1. The molecule has 0 aliphatic rings. The number of hydrogen-bond donors (Lipinski definition) is 2. The van der Waals surface area contributed by atoms with Crippen LogP contribution in [0.1, 0.15) is 10.6 Å². The molecule has 0 bridgehead atoms. The lowest BCUT2D eigenvalue weighted by atomic mass is 10.1. The third-order valence-electron chi connectivity index (χ3n) is 2.20. The van der Waals surface area contributed by atoms with Crippen LogP contribution in [0.5, 0.6) is 0 Å². The molecule has 0 fully saturated rings. The van der Waals surface area contributed by atoms with Gasteiger partial charge in [-0.05, 0) is 23.8 Å². The summed E-state index contributed by atoms with van der Waals surface area (Å²) in [4.78, 5) is 10.7. The first-order valence-electron chi connectivity index (χ1n) is 4.40. The standard InChI is InChI=1S/C11H10N2O2/c12-9-2-1-7(5-10(9)13)8-3-4-15-11(8)6-14/h1-6H,12-13H2. The van der Waals surface area contributed by atoms with Gasteiger partial charge >= 0.3 is 0 Å². The molecule has 0 saturated carbocycles. The average molecular weight is 202 g/mol. The van der Waals surface area contributed by atoms with Crippen molar-refractivity contribution in [3.05, 3.63) is 36.3 Å². The molecule has 1 aromatic heterocycles. The average Bonchev–Trinajstić information content (AvgIpc) is 2.70. The molecule has 0 radical (unpaired) electrons. The summed E-state index contributed by atoms with van der Waals surface area (Å²) in [5, 5.41) is 0. The van der Waals surface area contributed by atoms with Crippen LogP contribution in [-0.2, 0) is 0 Å². The van der Waals surface area contributed by atoms with Crippen molar-refractivity contribution >= 4 is 17.7 Å². The molecule has 0 atom stereocenters. The van der Waals surface area contributed by atoms with E-state index in [9.17, 15) is 4.79 Å². The second kappa shape index (κ2) is 3.49. The fourth-order valence-electron chi connectivity index (χ4n) is 1.39. The predicted molar refractivity (Wildman–Crippen MR) is 58.4 cm³/mol. The van der Waals surface area contributed by atoms with Crippen molar-refractivity contribution < 1.29 is 9.21 Å². The van der Waals surface area contributed by atoms with E-state index in [0.29, 0.717) is 23.4 Å². The van der Waals surface area contributed by atoms with Gasteiger partial charge in [-0.25, -0.2) is 0 Å². The smallest absolute Gasteiger partial charge is 0.185 e. The Bertz CT molecular complexity index is 503. The van der Waals surface area contributed by atoms with E-state index in [1.165, 1.54) is 6.26 Å². The normalized spacial score (nSPS) is 10.1. The lowest BCUT2D eigenvalue weighted by Gasteiger charge is -2.03. The second-order valence-electron chi connectivity index (χ2n) is 3.16. The molecule has 2 aromatic rings. The van der Waals surface area contributed by atoms with Crippen molar-refractivity contribution in [3.63, 3.8) is 0 Å². The first-order valence-corrected chi connectivity index (χ1v) is 4.40. The van der Waals surface area contributed by atoms with Crippen molar-refractivity contribution in [3.8, 4) is 11.1 Å². The Labute approximate surface area is 86.5 Å². The number of rotatable bonds is 2. The Morgan fingerprint density at radius 3 is 2.60 bits per heavy atom. The Morgan fingerprint density at radius 2 is 1.93 bits per heavy atom. The van der Waals surface area contributed by atoms with Crippen molar-refractivity contribution in [2.45, 2.75) is 0 Å². The fraction of sp³-hybridized carbons (Fsp3) is 0. The zero-order valence-electron chi connectivity index (χ0n) is 7.94. The summed E-state index contributed by atoms with van der Waals surface area (Å²) in [6, 6.07) is 6.93. The highest BCUT2D eigenvalue weighted by Gasteiger charge is 2.08. The SMILES string of the molecule is Nc1ccc(-c2ccoc2C=O)cc1N. The molecule has 0 amide bonds. The number of carbonyl (C=O) groups excluding carboxylic acids is 1. The third-order valence-corrected chi connectivity index (χ3v) is 2.20. The maximum atomic E-state index is 10.7. The van der Waals surface area contributed by atoms with Gasteiger partial charge in [-0.3, -0.25) is 4.79 Å². The largest absolute Gasteiger partial charge is 0.461 e. The van der Waals surface area contributed by atoms with Crippen molar-refractivity contribution in [1.29, 1.82) is 0 Å². The highest BCUT2D eigenvalue weighted by Crippen LogP contribution is 2.27. The van der Waals surface area contributed by atoms with E-state index < -0.39 is 0 Å². The minimum absolute atomic E-state index is 0.291. The molecule has 0 saturated heterocycles. The van der Waals surface area contributed by atoms with Crippen molar-refractivity contribution in [2.24, 2.45) is 0 Å². The summed E-state index contributed by atoms with van der Waals surface area (Å²) < 4.78 is 5.00. The molecular formula is C11H10N2O2. The first kappa shape index (κ1) is 9.33. The zero-order chi connectivity index (χ0) is 10.8. The van der Waals surface area contributed by atoms with Crippen LogP contribution in [0.2, 0.25) is 0 Å². The van der Waals surface area contributed by atoms with Gasteiger partial charge in [-0.1, -0.05) is 6.07 Å². The number of nitrogen functional groups attached to an aromatic ring is 2. The van der Waals surface area contributed by atoms with E-state index in [2.05, 4.69) is 0 Å². The van der Waals surface area contributed by atoms with Gasteiger partial charge in [0.2, 0.25) is 0 Å². The molecule has 0 unspecified atom stereocenters. The summed E-state index contributed by atoms with van der Waals surface area (Å²) in [6.45, 7) is 0. The summed E-state index contributed by atoms with van der Waals surface area (Å²) >= 11 is 0. The number of aldehydes is 1. The van der Waals surface area contributed by atoms with E-state index in [0.717, 1.165) is 11.1 Å². The zero-order valence-corrected chi connectivity index (χ0v) is 7.94. The quantitative estimate of drug-likeness (QED) is 0.575. The van der Waals surface area contributed by atoms with E-state index in [4.69, 9.17) is 15.9 Å². The maximum Gasteiger partial charge on any atom is 0.185 e. The molecule has 1 aromatic carbocycles. The molecule has 0 aliphatic carbocycles. The van der Waals surface area contributed by atoms with Gasteiger partial charge < -0.3 is 15.9 Å². The first-order chi connectivity index (χ1) is 7.22. The van der Waals surface area contributed by atoms with Gasteiger partial charge in [-0.15, -0.1) is 0 Å². The van der Waals surface area contributed by atoms with E-state index >= 15 is 0 Å². The summed E-state index contributed by atoms with van der Waals surface area (Å²) in [5.41, 5.74) is 13.8. The Balaban J connectivity index is 2.54. The molecule has 76 valence electrons. The van der Waals surface area contributed by atoms with Gasteiger partial charge in [0.1, 0.15) is 0 Å². The van der Waals surface area contributed by atoms with Crippen LogP contribution < -0.4 is 11.5 Å². The Kier molecular flexibility index (Phi) is 2.17. The van der Waals surface area contributed by atoms with Gasteiger partial charge in [0.05, 0.1) is 17.6 Å². The molecular weight excluding hydrogens is 192 g/mol. The summed E-state index contributed by atoms with van der Waals surface area (Å²) in [6.07, 6.45) is 2.13. The minimum Gasteiger partial charge on any atom is -0.461 e. The van der Waals surface area contributed by atoms with Crippen LogP contribution in [0.3, 0.4) is 0 Å². The van der Waals surface area contributed by atoms with Gasteiger partial charge in [0.25, 0.3) is 0 Å². The van der Waals surface area contributed by atoms with Crippen LogP contribution >= 0.6 is 0 Å². The monoisotopic (exact) mass is 202 g/mol. The number of furan rings is 1. The lowest BCUT2D eigenvalue weighted by molar-refractivity contribution is 0.110. The Morgan fingerprint density at radius 1 is 1.13 bits per heavy atom. The Hall–Kier alpha value is -2.23. The summed E-state index contributed by atoms with van der Waals surface area (Å²) in [5.74, 6) is 0.291. The lowest BCUT2D eigenvalue weighted by Crippen LogP contribution is -1.94. The predicted octanol–water partition coefficient (Wildman–Crippen LogP) is 1.92. The van der Waals surface area contributed by atoms with Crippen molar-refractivity contribution in [1.82, 2.24) is 0 Å². The molecule has 15 heavy (non-hydrogen) atoms. The van der Waals surface area contributed by atoms with Gasteiger partial charge in [0, 0.05) is 5.56 Å². The van der Waals surface area contributed by atoms with Crippen LogP contribution in [0.15, 0.2) is 34.9 Å². The number of nitrogens with two attached hydrogens (primary N) is 2. The van der Waals surface area contributed by atoms with Crippen LogP contribution in [0.4, 0.5) is 11.4 Å². The summed E-state index contributed by atoms with van der Waals surface area (Å²) in [7, 11) is 0. The number of anilines is 2. The number of benzene rings is 1. The van der Waals surface area contributed by atoms with E-state index in [1.54, 1.807) is 24.3 Å². The highest BCUT2D eigenvalue weighted by molar-refractivity contribution is 5.86. The fourth-order valence-corrected chi connectivity index (χ4v) is 1.39. The molecule has 4 heteroatoms. The molecule has 4 N–H and O–H groups in total. The molecule has 2 rings (SSSR count). The topological polar surface area (TPSA) is 82.2 Å². The van der Waals surface area contributed by atoms with Gasteiger partial charge in [-0.2, -0.15) is 0 Å². The molecule has 0 aliphatic heterocycles. The molecule has 1 heterocycles. The molecule has 0 spiro atoms. The van der Waals surface area contributed by atoms with E-state index in [-0.39, 0.29) is 0 Å². The highest BCUT2D eigenvalue weighted by atomic mass is 16.3. The minimum atomic E-state index is 0.291. The van der Waals surface area contributed by atoms with Crippen LogP contribution in [0.25, 0.3) is 11.1 Å². The van der Waals surface area contributed by atoms with E-state index in [1.807, 2.05) is 0 Å². The third kappa shape index (κ3) is 1.57. The maximum absolute atomic E-state index is 10.7. The van der Waals surface area contributed by atoms with Crippen LogP contribution in [0, 0.1) is 0 Å². The number of hydrogen-bond acceptors (Lipinski definition) is 4. The van der Waals surface area contributed by atoms with Crippen molar-refractivity contribution in [2.75, 3.05) is 11.5 Å². The second-order valence-corrected chi connectivity index (χ2v) is 3.16. The van der Waals surface area contributed by atoms with Gasteiger partial charge in [0.15, 0.2) is 12.0 Å². The molecule has 4 nitrogen and oxygen atoms in total. The van der Waals surface area contributed by atoms with Crippen LogP contribution in [-0.4, -0.2) is 6.29 Å².